The lowest BCUT2D eigenvalue weighted by molar-refractivity contribution is -0.120. The normalized spacial score (nSPS) is 32.4. The van der Waals surface area contributed by atoms with Gasteiger partial charge in [-0.1, -0.05) is 29.3 Å². The lowest BCUT2D eigenvalue weighted by Gasteiger charge is -2.12. The van der Waals surface area contributed by atoms with E-state index in [0.29, 0.717) is 10.0 Å². The van der Waals surface area contributed by atoms with E-state index in [9.17, 15) is 4.79 Å². The molecule has 1 aromatic carbocycles. The third-order valence-corrected chi connectivity index (χ3v) is 4.20. The average Bonchev–Trinajstić information content (AvgIpc) is 2.88. The first-order valence-electron chi connectivity index (χ1n) is 4.87. The molecule has 0 aromatic heterocycles. The van der Waals surface area contributed by atoms with Crippen LogP contribution in [-0.2, 0) is 10.2 Å². The molecule has 1 amide bonds. The second-order valence-corrected chi connectivity index (χ2v) is 5.07. The molecule has 3 rings (SSSR count). The highest BCUT2D eigenvalue weighted by Gasteiger charge is 2.63. The molecule has 1 heterocycles. The topological polar surface area (TPSA) is 29.1 Å². The lowest BCUT2D eigenvalue weighted by Crippen LogP contribution is -2.22. The summed E-state index contributed by atoms with van der Waals surface area (Å²) in [5.74, 6) is 0.316. The molecule has 1 N–H and O–H groups in total. The molecule has 1 aliphatic heterocycles. The molecule has 2 fully saturated rings. The van der Waals surface area contributed by atoms with E-state index in [1.54, 1.807) is 6.07 Å². The first kappa shape index (κ1) is 9.49. The van der Waals surface area contributed by atoms with Crippen LogP contribution in [0.3, 0.4) is 0 Å². The van der Waals surface area contributed by atoms with Crippen LogP contribution in [0.4, 0.5) is 0 Å². The van der Waals surface area contributed by atoms with Gasteiger partial charge in [0.15, 0.2) is 0 Å². The molecular formula is C11H9Cl2NO. The number of piperidine rings is 1. The third-order valence-electron chi connectivity index (χ3n) is 3.46. The van der Waals surface area contributed by atoms with Gasteiger partial charge in [0.25, 0.3) is 0 Å². The van der Waals surface area contributed by atoms with Crippen molar-refractivity contribution in [2.75, 3.05) is 6.54 Å². The van der Waals surface area contributed by atoms with Crippen LogP contribution in [0.15, 0.2) is 18.2 Å². The zero-order chi connectivity index (χ0) is 10.6. The molecular weight excluding hydrogens is 233 g/mol. The molecule has 78 valence electrons. The van der Waals surface area contributed by atoms with Gasteiger partial charge in [-0.3, -0.25) is 4.79 Å². The van der Waals surface area contributed by atoms with Crippen LogP contribution in [0.25, 0.3) is 0 Å². The zero-order valence-corrected chi connectivity index (χ0v) is 9.40. The van der Waals surface area contributed by atoms with Gasteiger partial charge >= 0.3 is 0 Å². The van der Waals surface area contributed by atoms with Crippen LogP contribution in [0.2, 0.25) is 10.0 Å². The van der Waals surface area contributed by atoms with Crippen LogP contribution in [0.5, 0.6) is 0 Å². The van der Waals surface area contributed by atoms with Gasteiger partial charge in [-0.05, 0) is 24.1 Å². The van der Waals surface area contributed by atoms with Gasteiger partial charge in [0, 0.05) is 12.0 Å². The summed E-state index contributed by atoms with van der Waals surface area (Å²) in [7, 11) is 0. The number of benzene rings is 1. The van der Waals surface area contributed by atoms with Crippen LogP contribution in [-0.4, -0.2) is 12.5 Å². The number of carbonyl (C=O) groups excluding carboxylic acids is 1. The van der Waals surface area contributed by atoms with Crippen molar-refractivity contribution in [2.24, 2.45) is 5.92 Å². The molecule has 1 saturated carbocycles. The first-order chi connectivity index (χ1) is 7.13. The van der Waals surface area contributed by atoms with Crippen molar-refractivity contribution in [1.82, 2.24) is 5.32 Å². The molecule has 1 aliphatic carbocycles. The van der Waals surface area contributed by atoms with E-state index in [2.05, 4.69) is 5.32 Å². The Labute approximate surface area is 97.6 Å². The molecule has 0 radical (unpaired) electrons. The molecule has 15 heavy (non-hydrogen) atoms. The van der Waals surface area contributed by atoms with Gasteiger partial charge in [0.1, 0.15) is 0 Å². The molecule has 1 unspecified atom stereocenters. The van der Waals surface area contributed by atoms with Crippen LogP contribution in [0, 0.1) is 5.92 Å². The minimum atomic E-state index is 0.00527. The Bertz CT molecular complexity index is 460. The Hall–Kier alpha value is -0.730. The molecule has 2 aliphatic rings. The highest BCUT2D eigenvalue weighted by Crippen LogP contribution is 2.57. The van der Waals surface area contributed by atoms with Gasteiger partial charge in [-0.15, -0.1) is 0 Å². The highest BCUT2D eigenvalue weighted by atomic mass is 35.5. The first-order valence-corrected chi connectivity index (χ1v) is 5.62. The van der Waals surface area contributed by atoms with E-state index in [-0.39, 0.29) is 17.2 Å². The predicted octanol–water partition coefficient (Wildman–Crippen LogP) is 2.38. The molecule has 2 nitrogen and oxygen atoms in total. The Kier molecular flexibility index (Phi) is 1.83. The van der Waals surface area contributed by atoms with Crippen LogP contribution in [0.1, 0.15) is 12.0 Å². The number of nitrogens with one attached hydrogen (secondary N) is 1. The van der Waals surface area contributed by atoms with E-state index in [1.165, 1.54) is 0 Å². The number of halogens is 2. The highest BCUT2D eigenvalue weighted by molar-refractivity contribution is 6.42. The lowest BCUT2D eigenvalue weighted by atomic mass is 9.95. The smallest absolute Gasteiger partial charge is 0.224 e. The molecule has 1 aromatic rings. The number of hydrogen-bond acceptors (Lipinski definition) is 1. The van der Waals surface area contributed by atoms with E-state index < -0.39 is 0 Å². The van der Waals surface area contributed by atoms with E-state index in [1.807, 2.05) is 12.1 Å². The van der Waals surface area contributed by atoms with Crippen molar-refractivity contribution in [3.8, 4) is 0 Å². The second-order valence-electron chi connectivity index (χ2n) is 4.26. The summed E-state index contributed by atoms with van der Waals surface area (Å²) >= 11 is 11.8. The van der Waals surface area contributed by atoms with Crippen molar-refractivity contribution in [3.05, 3.63) is 33.8 Å². The molecule has 2 atom stereocenters. The summed E-state index contributed by atoms with van der Waals surface area (Å²) in [5, 5.41) is 4.00. The Morgan fingerprint density at radius 2 is 2.13 bits per heavy atom. The number of fused-ring (bicyclic) bond motifs is 1. The fourth-order valence-electron chi connectivity index (χ4n) is 2.44. The minimum Gasteiger partial charge on any atom is -0.355 e. The van der Waals surface area contributed by atoms with Crippen molar-refractivity contribution >= 4 is 29.1 Å². The quantitative estimate of drug-likeness (QED) is 0.804. The summed E-state index contributed by atoms with van der Waals surface area (Å²) in [6.07, 6.45) is 0.941. The maximum absolute atomic E-state index is 11.4. The maximum atomic E-state index is 11.4. The number of amides is 1. The summed E-state index contributed by atoms with van der Waals surface area (Å²) < 4.78 is 0. The van der Waals surface area contributed by atoms with E-state index in [0.717, 1.165) is 18.5 Å². The van der Waals surface area contributed by atoms with E-state index in [4.69, 9.17) is 23.2 Å². The Balaban J connectivity index is 2.01. The van der Waals surface area contributed by atoms with Gasteiger partial charge < -0.3 is 5.32 Å². The van der Waals surface area contributed by atoms with E-state index >= 15 is 0 Å². The average molecular weight is 242 g/mol. The van der Waals surface area contributed by atoms with Crippen molar-refractivity contribution in [2.45, 2.75) is 11.8 Å². The number of carbonyl (C=O) groups is 1. The van der Waals surface area contributed by atoms with Crippen molar-refractivity contribution < 1.29 is 4.79 Å². The Morgan fingerprint density at radius 3 is 2.67 bits per heavy atom. The van der Waals surface area contributed by atoms with Crippen molar-refractivity contribution in [3.63, 3.8) is 0 Å². The monoisotopic (exact) mass is 241 g/mol. The second kappa shape index (κ2) is 2.89. The fraction of sp³-hybridized carbons (Fsp3) is 0.364. The van der Waals surface area contributed by atoms with Gasteiger partial charge in [0.2, 0.25) is 5.91 Å². The third kappa shape index (κ3) is 1.21. The Morgan fingerprint density at radius 1 is 1.33 bits per heavy atom. The molecule has 0 spiro atoms. The van der Waals surface area contributed by atoms with Crippen LogP contribution < -0.4 is 5.32 Å². The largest absolute Gasteiger partial charge is 0.355 e. The zero-order valence-electron chi connectivity index (χ0n) is 7.89. The molecule has 0 bridgehead atoms. The number of hydrogen-bond donors (Lipinski definition) is 1. The molecule has 4 heteroatoms. The summed E-state index contributed by atoms with van der Waals surface area (Å²) in [4.78, 5) is 11.4. The maximum Gasteiger partial charge on any atom is 0.224 e. The number of rotatable bonds is 1. The fourth-order valence-corrected chi connectivity index (χ4v) is 2.74. The van der Waals surface area contributed by atoms with Gasteiger partial charge in [0.05, 0.1) is 16.0 Å². The summed E-state index contributed by atoms with van der Waals surface area (Å²) in [5.41, 5.74) is 1.13. The summed E-state index contributed by atoms with van der Waals surface area (Å²) in [6.45, 7) is 0.731. The standard InChI is InChI=1S/C11H9Cl2NO/c12-8-2-1-6(3-9(8)13)11-4-7(11)10(15)14-5-11/h1-3,7H,4-5H2,(H,14,15)/t7?,11-/m0/s1. The SMILES string of the molecule is O=C1NC[C@]2(c3ccc(Cl)c(Cl)c3)CC12. The minimum absolute atomic E-state index is 0.00527. The summed E-state index contributed by atoms with van der Waals surface area (Å²) in [6, 6.07) is 5.64. The van der Waals surface area contributed by atoms with Gasteiger partial charge in [-0.25, -0.2) is 0 Å². The van der Waals surface area contributed by atoms with Crippen molar-refractivity contribution in [1.29, 1.82) is 0 Å². The molecule has 1 saturated heterocycles. The van der Waals surface area contributed by atoms with Crippen LogP contribution >= 0.6 is 23.2 Å². The predicted molar refractivity (Wildman–Crippen MR) is 59.3 cm³/mol. The van der Waals surface area contributed by atoms with Gasteiger partial charge in [-0.2, -0.15) is 0 Å².